The molecule has 15 heavy (non-hydrogen) atoms. The Bertz CT molecular complexity index is 320. The molecule has 0 radical (unpaired) electrons. The van der Waals surface area contributed by atoms with Crippen LogP contribution in [0.15, 0.2) is 24.3 Å². The second-order valence-electron chi connectivity index (χ2n) is 4.83. The maximum atomic E-state index is 10.5. The minimum absolute atomic E-state index is 0.463. The zero-order valence-electron chi connectivity index (χ0n) is 9.66. The van der Waals surface area contributed by atoms with Crippen LogP contribution >= 0.6 is 0 Å². The Morgan fingerprint density at radius 2 is 1.87 bits per heavy atom. The highest BCUT2D eigenvalue weighted by Gasteiger charge is 2.37. The van der Waals surface area contributed by atoms with E-state index in [1.807, 2.05) is 6.92 Å². The number of aliphatic hydroxyl groups is 1. The molecular weight excluding hydrogens is 184 g/mol. The lowest BCUT2D eigenvalue weighted by Crippen LogP contribution is -2.36. The third-order valence-electron chi connectivity index (χ3n) is 3.85. The fourth-order valence-corrected chi connectivity index (χ4v) is 2.28. The summed E-state index contributed by atoms with van der Waals surface area (Å²) in [6.45, 7) is 4.11. The fraction of sp³-hybridized carbons (Fsp3) is 0.571. The second kappa shape index (κ2) is 3.97. The van der Waals surface area contributed by atoms with Gasteiger partial charge in [0.05, 0.1) is 5.60 Å². The summed E-state index contributed by atoms with van der Waals surface area (Å²) >= 11 is 0. The molecule has 1 aliphatic rings. The van der Waals surface area contributed by atoms with Crippen LogP contribution in [0.2, 0.25) is 0 Å². The Hall–Kier alpha value is -0.820. The summed E-state index contributed by atoms with van der Waals surface area (Å²) in [7, 11) is 0. The predicted octanol–water partition coefficient (Wildman–Crippen LogP) is 3.26. The molecule has 1 atom stereocenters. The summed E-state index contributed by atoms with van der Waals surface area (Å²) in [4.78, 5) is 0. The molecule has 1 fully saturated rings. The average Bonchev–Trinajstić information content (AvgIpc) is 2.14. The summed E-state index contributed by atoms with van der Waals surface area (Å²) in [5.41, 5.74) is 1.79. The predicted molar refractivity (Wildman–Crippen MR) is 62.7 cm³/mol. The standard InChI is InChI=1S/C14H20O/c1-3-11-7-9-13(10-8-11)14(2,15)12-5-4-6-12/h7-10,12,15H,3-6H2,1-2H3. The van der Waals surface area contributed by atoms with Gasteiger partial charge in [-0.1, -0.05) is 37.6 Å². The van der Waals surface area contributed by atoms with Gasteiger partial charge >= 0.3 is 0 Å². The molecule has 0 aromatic heterocycles. The smallest absolute Gasteiger partial charge is 0.0896 e. The quantitative estimate of drug-likeness (QED) is 0.801. The van der Waals surface area contributed by atoms with Gasteiger partial charge in [0.1, 0.15) is 0 Å². The number of aryl methyl sites for hydroxylation is 1. The van der Waals surface area contributed by atoms with Crippen LogP contribution in [0.4, 0.5) is 0 Å². The molecule has 1 nitrogen and oxygen atoms in total. The van der Waals surface area contributed by atoms with Crippen molar-refractivity contribution in [1.29, 1.82) is 0 Å². The van der Waals surface area contributed by atoms with E-state index in [1.54, 1.807) is 0 Å². The SMILES string of the molecule is CCc1ccc(C(C)(O)C2CCC2)cc1. The van der Waals surface area contributed by atoms with Crippen LogP contribution in [0, 0.1) is 5.92 Å². The van der Waals surface area contributed by atoms with Crippen molar-refractivity contribution >= 4 is 0 Å². The van der Waals surface area contributed by atoms with E-state index in [-0.39, 0.29) is 0 Å². The van der Waals surface area contributed by atoms with Gasteiger partial charge in [0, 0.05) is 0 Å². The summed E-state index contributed by atoms with van der Waals surface area (Å²) in [5.74, 6) is 0.463. The van der Waals surface area contributed by atoms with Crippen LogP contribution in [0.1, 0.15) is 44.2 Å². The zero-order valence-corrected chi connectivity index (χ0v) is 9.66. The van der Waals surface area contributed by atoms with Gasteiger partial charge in [-0.2, -0.15) is 0 Å². The van der Waals surface area contributed by atoms with Crippen molar-refractivity contribution < 1.29 is 5.11 Å². The lowest BCUT2D eigenvalue weighted by Gasteiger charge is -2.39. The summed E-state index contributed by atoms with van der Waals surface area (Å²) in [5, 5.41) is 10.5. The van der Waals surface area contributed by atoms with Crippen LogP contribution in [-0.4, -0.2) is 5.11 Å². The van der Waals surface area contributed by atoms with Crippen LogP contribution in [0.5, 0.6) is 0 Å². The number of benzene rings is 1. The largest absolute Gasteiger partial charge is 0.385 e. The normalized spacial score (nSPS) is 20.7. The zero-order chi connectivity index (χ0) is 10.9. The van der Waals surface area contributed by atoms with E-state index in [0.29, 0.717) is 5.92 Å². The van der Waals surface area contributed by atoms with E-state index >= 15 is 0 Å². The van der Waals surface area contributed by atoms with Crippen molar-refractivity contribution in [3.05, 3.63) is 35.4 Å². The molecule has 0 bridgehead atoms. The van der Waals surface area contributed by atoms with E-state index in [2.05, 4.69) is 31.2 Å². The number of hydrogen-bond acceptors (Lipinski definition) is 1. The molecule has 2 rings (SSSR count). The van der Waals surface area contributed by atoms with Crippen LogP contribution in [0.25, 0.3) is 0 Å². The van der Waals surface area contributed by atoms with Crippen molar-refractivity contribution in [3.8, 4) is 0 Å². The van der Waals surface area contributed by atoms with Gasteiger partial charge in [0.25, 0.3) is 0 Å². The minimum Gasteiger partial charge on any atom is -0.385 e. The van der Waals surface area contributed by atoms with Gasteiger partial charge in [-0.25, -0.2) is 0 Å². The van der Waals surface area contributed by atoms with Crippen LogP contribution in [-0.2, 0) is 12.0 Å². The van der Waals surface area contributed by atoms with Gasteiger partial charge < -0.3 is 5.11 Å². The van der Waals surface area contributed by atoms with E-state index in [9.17, 15) is 5.11 Å². The van der Waals surface area contributed by atoms with Crippen molar-refractivity contribution in [2.45, 2.75) is 45.1 Å². The highest BCUT2D eigenvalue weighted by atomic mass is 16.3. The van der Waals surface area contributed by atoms with Gasteiger partial charge in [-0.15, -0.1) is 0 Å². The van der Waals surface area contributed by atoms with Crippen LogP contribution in [0.3, 0.4) is 0 Å². The third-order valence-corrected chi connectivity index (χ3v) is 3.85. The molecule has 0 saturated heterocycles. The summed E-state index contributed by atoms with van der Waals surface area (Å²) in [6.07, 6.45) is 4.67. The third kappa shape index (κ3) is 1.93. The average molecular weight is 204 g/mol. The lowest BCUT2D eigenvalue weighted by atomic mass is 9.71. The second-order valence-corrected chi connectivity index (χ2v) is 4.83. The molecule has 0 amide bonds. The maximum Gasteiger partial charge on any atom is 0.0896 e. The van der Waals surface area contributed by atoms with Crippen LogP contribution < -0.4 is 0 Å². The van der Waals surface area contributed by atoms with E-state index in [4.69, 9.17) is 0 Å². The van der Waals surface area contributed by atoms with Gasteiger partial charge in [0.15, 0.2) is 0 Å². The highest BCUT2D eigenvalue weighted by molar-refractivity contribution is 5.27. The van der Waals surface area contributed by atoms with Crippen molar-refractivity contribution in [3.63, 3.8) is 0 Å². The maximum absolute atomic E-state index is 10.5. The van der Waals surface area contributed by atoms with Crippen molar-refractivity contribution in [2.75, 3.05) is 0 Å². The monoisotopic (exact) mass is 204 g/mol. The molecule has 1 heteroatoms. The first-order valence-electron chi connectivity index (χ1n) is 5.96. The highest BCUT2D eigenvalue weighted by Crippen LogP contribution is 2.42. The fourth-order valence-electron chi connectivity index (χ4n) is 2.28. The summed E-state index contributed by atoms with van der Waals surface area (Å²) < 4.78 is 0. The molecule has 1 N–H and O–H groups in total. The molecule has 0 spiro atoms. The molecule has 1 unspecified atom stereocenters. The molecule has 0 heterocycles. The number of rotatable bonds is 3. The summed E-state index contributed by atoms with van der Waals surface area (Å²) in [6, 6.07) is 8.42. The molecule has 1 aromatic rings. The van der Waals surface area contributed by atoms with Gasteiger partial charge in [-0.3, -0.25) is 0 Å². The first kappa shape index (κ1) is 10.7. The lowest BCUT2D eigenvalue weighted by molar-refractivity contribution is -0.0399. The van der Waals surface area contributed by atoms with Crippen molar-refractivity contribution in [1.82, 2.24) is 0 Å². The molecule has 1 saturated carbocycles. The van der Waals surface area contributed by atoms with Crippen molar-refractivity contribution in [2.24, 2.45) is 5.92 Å². The minimum atomic E-state index is -0.621. The number of hydrogen-bond donors (Lipinski definition) is 1. The molecule has 82 valence electrons. The Labute approximate surface area is 92.1 Å². The van der Waals surface area contributed by atoms with E-state index in [0.717, 1.165) is 12.0 Å². The van der Waals surface area contributed by atoms with E-state index in [1.165, 1.54) is 24.8 Å². The van der Waals surface area contributed by atoms with E-state index < -0.39 is 5.60 Å². The first-order valence-corrected chi connectivity index (χ1v) is 5.96. The van der Waals surface area contributed by atoms with Gasteiger partial charge in [-0.05, 0) is 43.2 Å². The Morgan fingerprint density at radius 1 is 1.27 bits per heavy atom. The molecule has 0 aliphatic heterocycles. The first-order chi connectivity index (χ1) is 7.14. The molecule has 1 aliphatic carbocycles. The topological polar surface area (TPSA) is 20.2 Å². The molecule has 1 aromatic carbocycles. The Balaban J connectivity index is 2.20. The Morgan fingerprint density at radius 3 is 2.27 bits per heavy atom. The Kier molecular flexibility index (Phi) is 2.83. The van der Waals surface area contributed by atoms with Gasteiger partial charge in [0.2, 0.25) is 0 Å². The molecular formula is C14H20O.